The van der Waals surface area contributed by atoms with Gasteiger partial charge in [0.15, 0.2) is 0 Å². The van der Waals surface area contributed by atoms with Gasteiger partial charge in [-0.3, -0.25) is 9.78 Å². The fraction of sp³-hybridized carbons (Fsp3) is 0.259. The number of rotatable bonds is 7. The molecule has 2 aliphatic rings. The Labute approximate surface area is 196 Å². The molecule has 1 amide bonds. The van der Waals surface area contributed by atoms with Crippen LogP contribution in [0.2, 0.25) is 0 Å². The van der Waals surface area contributed by atoms with Gasteiger partial charge >= 0.3 is 0 Å². The number of carbonyl (C=O) groups is 1. The van der Waals surface area contributed by atoms with Gasteiger partial charge in [0, 0.05) is 42.0 Å². The van der Waals surface area contributed by atoms with Crippen LogP contribution in [-0.2, 0) is 6.54 Å². The Bertz CT molecular complexity index is 1370. The van der Waals surface area contributed by atoms with E-state index in [4.69, 9.17) is 0 Å². The summed E-state index contributed by atoms with van der Waals surface area (Å²) in [5.41, 5.74) is 3.63. The van der Waals surface area contributed by atoms with Crippen LogP contribution in [0.1, 0.15) is 41.6 Å². The molecule has 0 aliphatic heterocycles. The predicted octanol–water partition coefficient (Wildman–Crippen LogP) is 5.21. The molecule has 0 unspecified atom stereocenters. The first-order valence-corrected chi connectivity index (χ1v) is 11.7. The van der Waals surface area contributed by atoms with E-state index in [9.17, 15) is 4.79 Å². The highest BCUT2D eigenvalue weighted by Gasteiger charge is 2.33. The van der Waals surface area contributed by atoms with Gasteiger partial charge in [-0.25, -0.2) is 14.4 Å². The van der Waals surface area contributed by atoms with Crippen molar-refractivity contribution in [1.29, 1.82) is 0 Å². The fourth-order valence-corrected chi connectivity index (χ4v) is 4.29. The number of hydrogen-bond acceptors (Lipinski definition) is 5. The van der Waals surface area contributed by atoms with Gasteiger partial charge in [-0.2, -0.15) is 0 Å². The molecule has 2 saturated carbocycles. The second-order valence-electron chi connectivity index (χ2n) is 9.10. The Kier molecular flexibility index (Phi) is 5.17. The van der Waals surface area contributed by atoms with Crippen LogP contribution in [0.5, 0.6) is 0 Å². The average molecular weight is 454 g/mol. The SMILES string of the molecule is O=C(c1ccncc1)N(Cc1cccc(-c2cc(F)c3ncnc(NC4CC4)c3c2)c1)C1CC1. The minimum atomic E-state index is -0.369. The number of anilines is 1. The summed E-state index contributed by atoms with van der Waals surface area (Å²) in [7, 11) is 0. The summed E-state index contributed by atoms with van der Waals surface area (Å²) < 4.78 is 15.0. The third kappa shape index (κ3) is 4.21. The quantitative estimate of drug-likeness (QED) is 0.416. The molecule has 0 bridgehead atoms. The maximum atomic E-state index is 15.0. The van der Waals surface area contributed by atoms with Gasteiger partial charge in [-0.1, -0.05) is 18.2 Å². The lowest BCUT2D eigenvalue weighted by atomic mass is 10.0. The maximum Gasteiger partial charge on any atom is 0.254 e. The Morgan fingerprint density at radius 3 is 2.59 bits per heavy atom. The standard InChI is InChI=1S/C27H24FN5O/c28-24-14-20(13-23-25(24)30-16-31-26(23)32-21-4-5-21)19-3-1-2-17(12-19)15-33(22-6-7-22)27(34)18-8-10-29-11-9-18/h1-3,8-14,16,21-22H,4-7,15H2,(H,30,31,32). The minimum Gasteiger partial charge on any atom is -0.367 e. The topological polar surface area (TPSA) is 71.0 Å². The van der Waals surface area contributed by atoms with Crippen molar-refractivity contribution in [3.63, 3.8) is 0 Å². The summed E-state index contributed by atoms with van der Waals surface area (Å²) in [6, 6.07) is 15.6. The number of amides is 1. The van der Waals surface area contributed by atoms with Crippen LogP contribution in [0.3, 0.4) is 0 Å². The summed E-state index contributed by atoms with van der Waals surface area (Å²) in [4.78, 5) is 27.6. The third-order valence-corrected chi connectivity index (χ3v) is 6.40. The van der Waals surface area contributed by atoms with Crippen LogP contribution in [-0.4, -0.2) is 37.8 Å². The normalized spacial score (nSPS) is 15.3. The Morgan fingerprint density at radius 1 is 1.00 bits per heavy atom. The van der Waals surface area contributed by atoms with E-state index in [0.29, 0.717) is 34.9 Å². The molecule has 2 aromatic heterocycles. The molecule has 34 heavy (non-hydrogen) atoms. The van der Waals surface area contributed by atoms with Gasteiger partial charge in [-0.05, 0) is 72.7 Å². The van der Waals surface area contributed by atoms with Crippen molar-refractivity contribution < 1.29 is 9.18 Å². The van der Waals surface area contributed by atoms with Crippen LogP contribution >= 0.6 is 0 Å². The van der Waals surface area contributed by atoms with Crippen LogP contribution in [0.4, 0.5) is 10.2 Å². The van der Waals surface area contributed by atoms with Crippen molar-refractivity contribution in [2.75, 3.05) is 5.32 Å². The number of halogens is 1. The first kappa shape index (κ1) is 20.7. The number of fused-ring (bicyclic) bond motifs is 1. The highest BCUT2D eigenvalue weighted by molar-refractivity contribution is 5.95. The molecule has 2 aliphatic carbocycles. The van der Waals surface area contributed by atoms with Gasteiger partial charge in [0.2, 0.25) is 0 Å². The molecule has 2 aromatic carbocycles. The Hall–Kier alpha value is -3.87. The van der Waals surface area contributed by atoms with E-state index < -0.39 is 0 Å². The fourth-order valence-electron chi connectivity index (χ4n) is 4.29. The molecule has 0 spiro atoms. The van der Waals surface area contributed by atoms with Gasteiger partial charge in [-0.15, -0.1) is 0 Å². The first-order chi connectivity index (χ1) is 16.7. The van der Waals surface area contributed by atoms with Crippen LogP contribution < -0.4 is 5.32 Å². The molecule has 6 rings (SSSR count). The molecule has 0 atom stereocenters. The summed E-state index contributed by atoms with van der Waals surface area (Å²) in [6.45, 7) is 0.507. The number of carbonyl (C=O) groups excluding carboxylic acids is 1. The van der Waals surface area contributed by atoms with Gasteiger partial charge in [0.25, 0.3) is 5.91 Å². The van der Waals surface area contributed by atoms with Gasteiger partial charge in [0.05, 0.1) is 0 Å². The zero-order chi connectivity index (χ0) is 23.1. The molecule has 2 heterocycles. The molecular weight excluding hydrogens is 429 g/mol. The molecule has 0 saturated heterocycles. The average Bonchev–Trinajstić information content (AvgIpc) is 3.79. The third-order valence-electron chi connectivity index (χ3n) is 6.40. The van der Waals surface area contributed by atoms with E-state index >= 15 is 4.39 Å². The molecule has 6 nitrogen and oxygen atoms in total. The lowest BCUT2D eigenvalue weighted by molar-refractivity contribution is 0.0730. The lowest BCUT2D eigenvalue weighted by Crippen LogP contribution is -2.32. The van der Waals surface area contributed by atoms with Crippen LogP contribution in [0.25, 0.3) is 22.0 Å². The largest absolute Gasteiger partial charge is 0.367 e. The molecular formula is C27H24FN5O. The van der Waals surface area contributed by atoms with Crippen molar-refractivity contribution in [1.82, 2.24) is 19.9 Å². The van der Waals surface area contributed by atoms with E-state index in [-0.39, 0.29) is 17.8 Å². The molecule has 170 valence electrons. The van der Waals surface area contributed by atoms with Crippen molar-refractivity contribution >= 4 is 22.6 Å². The number of aromatic nitrogens is 3. The van der Waals surface area contributed by atoms with E-state index in [1.54, 1.807) is 24.5 Å². The second kappa shape index (κ2) is 8.48. The number of benzene rings is 2. The Balaban J connectivity index is 1.32. The maximum absolute atomic E-state index is 15.0. The van der Waals surface area contributed by atoms with Crippen molar-refractivity contribution in [3.05, 3.63) is 84.2 Å². The zero-order valence-corrected chi connectivity index (χ0v) is 18.6. The summed E-state index contributed by atoms with van der Waals surface area (Å²) >= 11 is 0. The smallest absolute Gasteiger partial charge is 0.254 e. The number of nitrogens with one attached hydrogen (secondary N) is 1. The van der Waals surface area contributed by atoms with Crippen molar-refractivity contribution in [2.24, 2.45) is 0 Å². The van der Waals surface area contributed by atoms with Crippen LogP contribution in [0, 0.1) is 5.82 Å². The summed E-state index contributed by atoms with van der Waals surface area (Å²) in [5, 5.41) is 4.07. The predicted molar refractivity (Wildman–Crippen MR) is 129 cm³/mol. The minimum absolute atomic E-state index is 0.0139. The van der Waals surface area contributed by atoms with E-state index in [1.807, 2.05) is 35.2 Å². The molecule has 7 heteroatoms. The number of hydrogen-bond donors (Lipinski definition) is 1. The van der Waals surface area contributed by atoms with E-state index in [0.717, 1.165) is 42.4 Å². The zero-order valence-electron chi connectivity index (χ0n) is 18.6. The van der Waals surface area contributed by atoms with Crippen molar-refractivity contribution in [3.8, 4) is 11.1 Å². The summed E-state index contributed by atoms with van der Waals surface area (Å²) in [6.07, 6.45) is 8.93. The highest BCUT2D eigenvalue weighted by atomic mass is 19.1. The Morgan fingerprint density at radius 2 is 1.82 bits per heavy atom. The lowest BCUT2D eigenvalue weighted by Gasteiger charge is -2.23. The van der Waals surface area contributed by atoms with Crippen molar-refractivity contribution in [2.45, 2.75) is 44.3 Å². The van der Waals surface area contributed by atoms with Crippen LogP contribution in [0.15, 0.2) is 67.3 Å². The van der Waals surface area contributed by atoms with Gasteiger partial charge in [0.1, 0.15) is 23.5 Å². The summed E-state index contributed by atoms with van der Waals surface area (Å²) in [5.74, 6) is 0.318. The first-order valence-electron chi connectivity index (χ1n) is 11.7. The number of nitrogens with zero attached hydrogens (tertiary/aromatic N) is 4. The molecule has 2 fully saturated rings. The van der Waals surface area contributed by atoms with E-state index in [1.165, 1.54) is 12.4 Å². The van der Waals surface area contributed by atoms with Gasteiger partial charge < -0.3 is 10.2 Å². The molecule has 4 aromatic rings. The molecule has 1 N–H and O–H groups in total. The monoisotopic (exact) mass is 453 g/mol. The number of pyridine rings is 1. The highest BCUT2D eigenvalue weighted by Crippen LogP contribution is 2.33. The second-order valence-corrected chi connectivity index (χ2v) is 9.10. The molecule has 0 radical (unpaired) electrons. The van der Waals surface area contributed by atoms with E-state index in [2.05, 4.69) is 20.3 Å².